The van der Waals surface area contributed by atoms with Crippen LogP contribution < -0.4 is 10.1 Å². The Kier molecular flexibility index (Phi) is 6.80. The minimum atomic E-state index is -3.23. The highest BCUT2D eigenvalue weighted by Crippen LogP contribution is 2.20. The summed E-state index contributed by atoms with van der Waals surface area (Å²) in [5.41, 5.74) is 0.864. The molecule has 1 N–H and O–H groups in total. The van der Waals surface area contributed by atoms with Gasteiger partial charge in [-0.2, -0.15) is 0 Å². The van der Waals surface area contributed by atoms with Gasteiger partial charge in [-0.3, -0.25) is 4.79 Å². The summed E-state index contributed by atoms with van der Waals surface area (Å²) in [6.45, 7) is 3.86. The van der Waals surface area contributed by atoms with Crippen LogP contribution in [0.4, 0.5) is 0 Å². The number of hydrogen-bond acceptors (Lipinski definition) is 4. The molecule has 5 nitrogen and oxygen atoms in total. The molecule has 0 bridgehead atoms. The summed E-state index contributed by atoms with van der Waals surface area (Å²) in [6.07, 6.45) is 1.82. The monoisotopic (exact) mass is 375 g/mol. The molecule has 2 aromatic rings. The van der Waals surface area contributed by atoms with Gasteiger partial charge >= 0.3 is 0 Å². The molecule has 2 atom stereocenters. The van der Waals surface area contributed by atoms with Crippen molar-refractivity contribution in [2.45, 2.75) is 43.7 Å². The first-order valence-corrected chi connectivity index (χ1v) is 10.6. The Hall–Kier alpha value is -2.34. The molecule has 0 aliphatic heterocycles. The Labute approximate surface area is 155 Å². The predicted molar refractivity (Wildman–Crippen MR) is 102 cm³/mol. The number of carbonyl (C=O) groups excluding carboxylic acids is 1. The standard InChI is InChI=1S/C20H25NO4S/c1-4-18(15-11-13-17(14-12-15)26(3,23)24)21-20(22)19(5-2)25-16-9-7-6-8-10-16/h6-14,18-19H,4-5H2,1-3H3,(H,21,22)/t18-,19+/m0/s1. The molecule has 2 aromatic carbocycles. The minimum Gasteiger partial charge on any atom is -0.481 e. The summed E-state index contributed by atoms with van der Waals surface area (Å²) in [5.74, 6) is 0.468. The van der Waals surface area contributed by atoms with E-state index < -0.39 is 15.9 Å². The summed E-state index contributed by atoms with van der Waals surface area (Å²) in [5, 5.41) is 3.00. The second kappa shape index (κ2) is 8.85. The van der Waals surface area contributed by atoms with Crippen LogP contribution >= 0.6 is 0 Å². The molecule has 1 amide bonds. The van der Waals surface area contributed by atoms with E-state index in [1.165, 1.54) is 6.26 Å². The summed E-state index contributed by atoms with van der Waals surface area (Å²) < 4.78 is 28.9. The quantitative estimate of drug-likeness (QED) is 0.766. The van der Waals surface area contributed by atoms with Gasteiger partial charge in [0.05, 0.1) is 10.9 Å². The lowest BCUT2D eigenvalue weighted by atomic mass is 10.0. The van der Waals surface area contributed by atoms with E-state index in [-0.39, 0.29) is 16.8 Å². The topological polar surface area (TPSA) is 72.5 Å². The maximum Gasteiger partial charge on any atom is 0.261 e. The lowest BCUT2D eigenvalue weighted by Gasteiger charge is -2.22. The van der Waals surface area contributed by atoms with Gasteiger partial charge in [-0.15, -0.1) is 0 Å². The van der Waals surface area contributed by atoms with Crippen LogP contribution in [0, 0.1) is 0 Å². The largest absolute Gasteiger partial charge is 0.481 e. The highest BCUT2D eigenvalue weighted by molar-refractivity contribution is 7.90. The smallest absolute Gasteiger partial charge is 0.261 e. The number of amides is 1. The Morgan fingerprint density at radius 3 is 2.12 bits per heavy atom. The molecule has 0 aromatic heterocycles. The van der Waals surface area contributed by atoms with E-state index in [1.807, 2.05) is 44.2 Å². The molecular weight excluding hydrogens is 350 g/mol. The number of para-hydroxylation sites is 1. The van der Waals surface area contributed by atoms with E-state index in [1.54, 1.807) is 24.3 Å². The molecule has 140 valence electrons. The maximum atomic E-state index is 12.6. The van der Waals surface area contributed by atoms with Crippen LogP contribution in [0.5, 0.6) is 5.75 Å². The number of benzene rings is 2. The van der Waals surface area contributed by atoms with E-state index in [0.29, 0.717) is 18.6 Å². The van der Waals surface area contributed by atoms with Gasteiger partial charge < -0.3 is 10.1 Å². The molecule has 0 fully saturated rings. The number of carbonyl (C=O) groups is 1. The van der Waals surface area contributed by atoms with E-state index in [2.05, 4.69) is 5.32 Å². The van der Waals surface area contributed by atoms with Crippen molar-refractivity contribution in [3.63, 3.8) is 0 Å². The Morgan fingerprint density at radius 1 is 1.00 bits per heavy atom. The Bertz CT molecular complexity index is 817. The molecule has 26 heavy (non-hydrogen) atoms. The number of nitrogens with one attached hydrogen (secondary N) is 1. The Morgan fingerprint density at radius 2 is 1.62 bits per heavy atom. The van der Waals surface area contributed by atoms with Crippen molar-refractivity contribution in [1.82, 2.24) is 5.32 Å². The molecule has 6 heteroatoms. The molecule has 0 saturated heterocycles. The first-order valence-electron chi connectivity index (χ1n) is 8.67. The van der Waals surface area contributed by atoms with E-state index >= 15 is 0 Å². The molecule has 0 unspecified atom stereocenters. The summed E-state index contributed by atoms with van der Waals surface area (Å²) in [6, 6.07) is 15.7. The van der Waals surface area contributed by atoms with E-state index in [0.717, 1.165) is 5.56 Å². The third-order valence-electron chi connectivity index (χ3n) is 4.12. The van der Waals surface area contributed by atoms with Gasteiger partial charge in [-0.1, -0.05) is 44.2 Å². The fourth-order valence-corrected chi connectivity index (χ4v) is 3.25. The maximum absolute atomic E-state index is 12.6. The van der Waals surface area contributed by atoms with Crippen LogP contribution in [0.1, 0.15) is 38.3 Å². The fraction of sp³-hybridized carbons (Fsp3) is 0.350. The molecule has 0 aliphatic carbocycles. The van der Waals surface area contributed by atoms with Gasteiger partial charge in [0.2, 0.25) is 0 Å². The third-order valence-corrected chi connectivity index (χ3v) is 5.25. The van der Waals surface area contributed by atoms with Crippen molar-refractivity contribution in [2.24, 2.45) is 0 Å². The number of sulfone groups is 1. The van der Waals surface area contributed by atoms with E-state index in [9.17, 15) is 13.2 Å². The first kappa shape index (κ1) is 20.0. The fourth-order valence-electron chi connectivity index (χ4n) is 2.62. The zero-order valence-corrected chi connectivity index (χ0v) is 16.1. The second-order valence-corrected chi connectivity index (χ2v) is 8.15. The number of ether oxygens (including phenoxy) is 1. The van der Waals surface area contributed by atoms with Gasteiger partial charge in [0.15, 0.2) is 15.9 Å². The summed E-state index contributed by atoms with van der Waals surface area (Å²) in [4.78, 5) is 12.9. The normalized spacial score (nSPS) is 13.7. The van der Waals surface area contributed by atoms with Crippen molar-refractivity contribution in [3.8, 4) is 5.75 Å². The second-order valence-electron chi connectivity index (χ2n) is 6.14. The van der Waals surface area contributed by atoms with Crippen molar-refractivity contribution in [2.75, 3.05) is 6.26 Å². The van der Waals surface area contributed by atoms with E-state index in [4.69, 9.17) is 4.74 Å². The molecule has 0 saturated carbocycles. The first-order chi connectivity index (χ1) is 12.3. The van der Waals surface area contributed by atoms with Crippen molar-refractivity contribution in [3.05, 3.63) is 60.2 Å². The lowest BCUT2D eigenvalue weighted by Crippen LogP contribution is -2.39. The zero-order valence-electron chi connectivity index (χ0n) is 15.3. The van der Waals surface area contributed by atoms with Gasteiger partial charge in [-0.25, -0.2) is 8.42 Å². The molecule has 0 heterocycles. The highest BCUT2D eigenvalue weighted by Gasteiger charge is 2.22. The predicted octanol–water partition coefficient (Wildman–Crippen LogP) is 3.52. The van der Waals surface area contributed by atoms with Crippen molar-refractivity contribution >= 4 is 15.7 Å². The molecule has 0 spiro atoms. The summed E-state index contributed by atoms with van der Waals surface area (Å²) in [7, 11) is -3.23. The Balaban J connectivity index is 2.09. The number of hydrogen-bond donors (Lipinski definition) is 1. The highest BCUT2D eigenvalue weighted by atomic mass is 32.2. The molecule has 0 radical (unpaired) electrons. The lowest BCUT2D eigenvalue weighted by molar-refractivity contribution is -0.128. The van der Waals surface area contributed by atoms with Gasteiger partial charge in [0.25, 0.3) is 5.91 Å². The van der Waals surface area contributed by atoms with Crippen molar-refractivity contribution in [1.29, 1.82) is 0 Å². The third kappa shape index (κ3) is 5.33. The number of rotatable bonds is 8. The van der Waals surface area contributed by atoms with Crippen LogP contribution in [-0.2, 0) is 14.6 Å². The van der Waals surface area contributed by atoms with Crippen LogP contribution in [0.25, 0.3) is 0 Å². The average Bonchev–Trinajstić information content (AvgIpc) is 2.64. The average molecular weight is 375 g/mol. The van der Waals surface area contributed by atoms with Gasteiger partial charge in [0, 0.05) is 6.26 Å². The van der Waals surface area contributed by atoms with Gasteiger partial charge in [-0.05, 0) is 42.7 Å². The summed E-state index contributed by atoms with van der Waals surface area (Å²) >= 11 is 0. The van der Waals surface area contributed by atoms with Crippen LogP contribution in [0.3, 0.4) is 0 Å². The molecular formula is C20H25NO4S. The van der Waals surface area contributed by atoms with Crippen LogP contribution in [0.15, 0.2) is 59.5 Å². The zero-order chi connectivity index (χ0) is 19.2. The SMILES string of the molecule is CC[C@H](NC(=O)[C@@H](CC)Oc1ccccc1)c1ccc(S(C)(=O)=O)cc1. The molecule has 2 rings (SSSR count). The van der Waals surface area contributed by atoms with Crippen LogP contribution in [-0.4, -0.2) is 26.7 Å². The van der Waals surface area contributed by atoms with Gasteiger partial charge in [0.1, 0.15) is 5.75 Å². The van der Waals surface area contributed by atoms with Crippen molar-refractivity contribution < 1.29 is 17.9 Å². The van der Waals surface area contributed by atoms with Crippen LogP contribution in [0.2, 0.25) is 0 Å². The molecule has 0 aliphatic rings. The minimum absolute atomic E-state index is 0.185.